The molecule has 1 fully saturated rings. The van der Waals surface area contributed by atoms with Crippen LogP contribution in [0.1, 0.15) is 0 Å². The number of hydrogen-bond donors (Lipinski definition) is 0. The molecule has 1 heterocycles. The monoisotopic (exact) mass is 521 g/mol. The predicted molar refractivity (Wildman–Crippen MR) is 133 cm³/mol. The molecule has 0 atom stereocenters. The van der Waals surface area contributed by atoms with Crippen LogP contribution in [0, 0.1) is 5.82 Å². The zero-order chi connectivity index (χ0) is 24.3. The first-order chi connectivity index (χ1) is 16.3. The van der Waals surface area contributed by atoms with Crippen molar-refractivity contribution in [3.8, 4) is 0 Å². The van der Waals surface area contributed by atoms with Crippen molar-refractivity contribution in [3.63, 3.8) is 0 Å². The van der Waals surface area contributed by atoms with Gasteiger partial charge in [-0.2, -0.15) is 0 Å². The van der Waals surface area contributed by atoms with E-state index in [1.807, 2.05) is 4.90 Å². The molecule has 0 aliphatic carbocycles. The van der Waals surface area contributed by atoms with Gasteiger partial charge in [-0.3, -0.25) is 9.10 Å². The Labute approximate surface area is 208 Å². The maximum atomic E-state index is 14.1. The van der Waals surface area contributed by atoms with Crippen LogP contribution in [0.3, 0.4) is 0 Å². The Morgan fingerprint density at radius 1 is 0.912 bits per heavy atom. The van der Waals surface area contributed by atoms with E-state index in [0.29, 0.717) is 36.9 Å². The molecule has 1 saturated heterocycles. The van der Waals surface area contributed by atoms with Crippen LogP contribution in [-0.4, -0.2) is 51.9 Å². The number of anilines is 2. The van der Waals surface area contributed by atoms with E-state index in [2.05, 4.69) is 0 Å². The summed E-state index contributed by atoms with van der Waals surface area (Å²) in [7, 11) is -4.08. The van der Waals surface area contributed by atoms with Crippen LogP contribution in [-0.2, 0) is 14.8 Å². The third kappa shape index (κ3) is 5.14. The number of halogens is 3. The summed E-state index contributed by atoms with van der Waals surface area (Å²) >= 11 is 12.3. The molecule has 1 aliphatic rings. The van der Waals surface area contributed by atoms with Gasteiger partial charge >= 0.3 is 0 Å². The summed E-state index contributed by atoms with van der Waals surface area (Å²) in [5.74, 6) is -0.696. The molecule has 178 valence electrons. The lowest BCUT2D eigenvalue weighted by atomic mass is 10.2. The number of benzene rings is 3. The number of carbonyl (C=O) groups excluding carboxylic acids is 1. The Kier molecular flexibility index (Phi) is 7.30. The minimum atomic E-state index is -4.08. The fraction of sp³-hybridized carbons (Fsp3) is 0.208. The van der Waals surface area contributed by atoms with E-state index >= 15 is 0 Å². The zero-order valence-corrected chi connectivity index (χ0v) is 20.4. The third-order valence-corrected chi connectivity index (χ3v) is 7.93. The molecule has 0 spiro atoms. The molecule has 0 aromatic heterocycles. The molecule has 0 N–H and O–H groups in total. The van der Waals surface area contributed by atoms with Crippen LogP contribution in [0.5, 0.6) is 0 Å². The molecule has 0 unspecified atom stereocenters. The summed E-state index contributed by atoms with van der Waals surface area (Å²) in [6.07, 6.45) is 0. The van der Waals surface area contributed by atoms with Crippen LogP contribution in [0.25, 0.3) is 0 Å². The van der Waals surface area contributed by atoms with Gasteiger partial charge in [0.25, 0.3) is 10.0 Å². The summed E-state index contributed by atoms with van der Waals surface area (Å²) in [6.45, 7) is 1.10. The van der Waals surface area contributed by atoms with Crippen molar-refractivity contribution in [1.82, 2.24) is 4.90 Å². The smallest absolute Gasteiger partial charge is 0.264 e. The molecular weight excluding hydrogens is 500 g/mol. The molecule has 0 saturated carbocycles. The van der Waals surface area contributed by atoms with Gasteiger partial charge in [0.15, 0.2) is 0 Å². The van der Waals surface area contributed by atoms with E-state index in [1.54, 1.807) is 41.3 Å². The average Bonchev–Trinajstić information content (AvgIpc) is 2.84. The van der Waals surface area contributed by atoms with Crippen molar-refractivity contribution < 1.29 is 17.6 Å². The summed E-state index contributed by atoms with van der Waals surface area (Å²) in [4.78, 5) is 16.7. The molecule has 3 aromatic carbocycles. The van der Waals surface area contributed by atoms with Gasteiger partial charge in [-0.05, 0) is 42.5 Å². The molecule has 0 bridgehead atoms. The number of piperazine rings is 1. The summed E-state index contributed by atoms with van der Waals surface area (Å²) in [6, 6.07) is 18.8. The van der Waals surface area contributed by atoms with E-state index < -0.39 is 16.6 Å². The van der Waals surface area contributed by atoms with E-state index in [-0.39, 0.29) is 27.3 Å². The largest absolute Gasteiger partial charge is 0.366 e. The Morgan fingerprint density at radius 2 is 1.56 bits per heavy atom. The van der Waals surface area contributed by atoms with E-state index in [4.69, 9.17) is 23.2 Å². The molecule has 6 nitrogen and oxygen atoms in total. The Balaban J connectivity index is 1.56. The van der Waals surface area contributed by atoms with Gasteiger partial charge in [0, 0.05) is 31.2 Å². The normalized spacial score (nSPS) is 14.2. The summed E-state index contributed by atoms with van der Waals surface area (Å²) in [5, 5.41) is 0.463. The molecule has 1 aliphatic heterocycles. The lowest BCUT2D eigenvalue weighted by molar-refractivity contribution is -0.129. The fourth-order valence-electron chi connectivity index (χ4n) is 3.83. The third-order valence-electron chi connectivity index (χ3n) is 5.61. The van der Waals surface area contributed by atoms with Crippen molar-refractivity contribution in [2.24, 2.45) is 0 Å². The highest BCUT2D eigenvalue weighted by Crippen LogP contribution is 2.33. The second-order valence-electron chi connectivity index (χ2n) is 7.74. The average molecular weight is 522 g/mol. The van der Waals surface area contributed by atoms with E-state index in [9.17, 15) is 17.6 Å². The Hall–Kier alpha value is -2.81. The van der Waals surface area contributed by atoms with Gasteiger partial charge in [-0.1, -0.05) is 53.5 Å². The highest BCUT2D eigenvalue weighted by Gasteiger charge is 2.31. The minimum Gasteiger partial charge on any atom is -0.366 e. The molecule has 1 amide bonds. The standard InChI is InChI=1S/C24H22Cl2FN3O3S/c25-18-10-11-22(20(26)16-18)30(34(32,33)19-6-2-1-3-7-19)17-24(31)29-14-12-28(13-15-29)23-9-5-4-8-21(23)27/h1-11,16H,12-15,17H2. The Morgan fingerprint density at radius 3 is 2.21 bits per heavy atom. The molecule has 34 heavy (non-hydrogen) atoms. The molecule has 10 heteroatoms. The van der Waals surface area contributed by atoms with Crippen molar-refractivity contribution in [2.45, 2.75) is 4.90 Å². The van der Waals surface area contributed by atoms with Gasteiger partial charge < -0.3 is 9.80 Å². The molecular formula is C24H22Cl2FN3O3S. The van der Waals surface area contributed by atoms with Crippen molar-refractivity contribution >= 4 is 50.5 Å². The predicted octanol–water partition coefficient (Wildman–Crippen LogP) is 4.68. The minimum absolute atomic E-state index is 0.0400. The number of hydrogen-bond acceptors (Lipinski definition) is 4. The fourth-order valence-corrected chi connectivity index (χ4v) is 5.85. The Bertz CT molecular complexity index is 1280. The van der Waals surface area contributed by atoms with Crippen molar-refractivity contribution in [1.29, 1.82) is 0 Å². The number of para-hydroxylation sites is 1. The lowest BCUT2D eigenvalue weighted by Gasteiger charge is -2.37. The van der Waals surface area contributed by atoms with Crippen LogP contribution in [0.15, 0.2) is 77.7 Å². The first-order valence-electron chi connectivity index (χ1n) is 10.6. The van der Waals surface area contributed by atoms with E-state index in [1.165, 1.54) is 36.4 Å². The lowest BCUT2D eigenvalue weighted by Crippen LogP contribution is -2.52. The van der Waals surface area contributed by atoms with Gasteiger partial charge in [0.2, 0.25) is 5.91 Å². The summed E-state index contributed by atoms with van der Waals surface area (Å²) < 4.78 is 42.1. The quantitative estimate of drug-likeness (QED) is 0.472. The number of nitrogens with zero attached hydrogens (tertiary/aromatic N) is 3. The first-order valence-corrected chi connectivity index (χ1v) is 12.8. The molecule has 4 rings (SSSR count). The van der Waals surface area contributed by atoms with Gasteiger partial charge in [0.05, 0.1) is 21.3 Å². The van der Waals surface area contributed by atoms with Gasteiger partial charge in [0.1, 0.15) is 12.4 Å². The van der Waals surface area contributed by atoms with Crippen molar-refractivity contribution in [2.75, 3.05) is 41.9 Å². The SMILES string of the molecule is O=C(CN(c1ccc(Cl)cc1Cl)S(=O)(=O)c1ccccc1)N1CCN(c2ccccc2F)CC1. The van der Waals surface area contributed by atoms with Crippen LogP contribution in [0.2, 0.25) is 10.0 Å². The van der Waals surface area contributed by atoms with Crippen LogP contribution in [0.4, 0.5) is 15.8 Å². The van der Waals surface area contributed by atoms with Gasteiger partial charge in [-0.15, -0.1) is 0 Å². The molecule has 0 radical (unpaired) electrons. The summed E-state index contributed by atoms with van der Waals surface area (Å²) in [5.41, 5.74) is 0.643. The zero-order valence-electron chi connectivity index (χ0n) is 18.1. The number of carbonyl (C=O) groups is 1. The van der Waals surface area contributed by atoms with Gasteiger partial charge in [-0.25, -0.2) is 12.8 Å². The maximum Gasteiger partial charge on any atom is 0.264 e. The van der Waals surface area contributed by atoms with Crippen LogP contribution < -0.4 is 9.21 Å². The number of sulfonamides is 1. The second-order valence-corrected chi connectivity index (χ2v) is 10.4. The molecule has 3 aromatic rings. The highest BCUT2D eigenvalue weighted by atomic mass is 35.5. The number of amides is 1. The maximum absolute atomic E-state index is 14.1. The van der Waals surface area contributed by atoms with Crippen molar-refractivity contribution in [3.05, 3.63) is 88.7 Å². The number of rotatable bonds is 6. The van der Waals surface area contributed by atoms with Crippen LogP contribution >= 0.6 is 23.2 Å². The highest BCUT2D eigenvalue weighted by molar-refractivity contribution is 7.92. The van der Waals surface area contributed by atoms with E-state index in [0.717, 1.165) is 4.31 Å². The first kappa shape index (κ1) is 24.3. The topological polar surface area (TPSA) is 60.9 Å². The second kappa shape index (κ2) is 10.2.